The molecule has 0 atom stereocenters. The van der Waals surface area contributed by atoms with E-state index >= 15 is 0 Å². The van der Waals surface area contributed by atoms with Crippen molar-refractivity contribution in [3.8, 4) is 0 Å². The molecule has 0 aromatic heterocycles. The molecule has 7 heteroatoms. The predicted octanol–water partition coefficient (Wildman–Crippen LogP) is 4.05. The number of ether oxygens (including phenoxy) is 1. The van der Waals surface area contributed by atoms with Crippen molar-refractivity contribution in [1.29, 1.82) is 0 Å². The van der Waals surface area contributed by atoms with E-state index in [0.717, 1.165) is 18.4 Å². The quantitative estimate of drug-likeness (QED) is 0.562. The van der Waals surface area contributed by atoms with E-state index < -0.39 is 16.6 Å². The number of hydrogen-bond donors (Lipinski definition) is 0. The molecular formula is C14H17BrN2O4. The highest BCUT2D eigenvalue weighted by atomic mass is 79.9. The minimum absolute atomic E-state index is 0.0517. The van der Waals surface area contributed by atoms with Gasteiger partial charge in [-0.15, -0.1) is 0 Å². The van der Waals surface area contributed by atoms with Gasteiger partial charge in [-0.3, -0.25) is 15.0 Å². The van der Waals surface area contributed by atoms with Crippen molar-refractivity contribution in [2.75, 3.05) is 11.4 Å². The lowest BCUT2D eigenvalue weighted by Crippen LogP contribution is -2.39. The Balaban J connectivity index is 2.40. The number of nitrogens with zero attached hydrogens (tertiary/aromatic N) is 2. The van der Waals surface area contributed by atoms with Crippen LogP contribution in [0.3, 0.4) is 0 Å². The van der Waals surface area contributed by atoms with Crippen LogP contribution in [0.2, 0.25) is 0 Å². The average molecular weight is 357 g/mol. The molecule has 1 heterocycles. The lowest BCUT2D eigenvalue weighted by atomic mass is 10.0. The van der Waals surface area contributed by atoms with Gasteiger partial charge in [0.2, 0.25) is 0 Å². The summed E-state index contributed by atoms with van der Waals surface area (Å²) < 4.78 is 5.80. The molecule has 0 spiro atoms. The van der Waals surface area contributed by atoms with Crippen LogP contribution in [-0.2, 0) is 11.2 Å². The number of benzene rings is 1. The zero-order valence-corrected chi connectivity index (χ0v) is 13.8. The van der Waals surface area contributed by atoms with Gasteiger partial charge in [0, 0.05) is 12.6 Å². The molecule has 0 saturated carbocycles. The van der Waals surface area contributed by atoms with Gasteiger partial charge in [0.05, 0.1) is 15.1 Å². The molecular weight excluding hydrogens is 340 g/mol. The molecule has 1 aliphatic heterocycles. The van der Waals surface area contributed by atoms with E-state index in [2.05, 4.69) is 15.9 Å². The van der Waals surface area contributed by atoms with E-state index in [4.69, 9.17) is 4.74 Å². The third-order valence-corrected chi connectivity index (χ3v) is 3.71. The van der Waals surface area contributed by atoms with Crippen LogP contribution < -0.4 is 4.90 Å². The lowest BCUT2D eigenvalue weighted by Gasteiger charge is -2.31. The summed E-state index contributed by atoms with van der Waals surface area (Å²) in [6.07, 6.45) is 1.11. The summed E-state index contributed by atoms with van der Waals surface area (Å²) in [5.74, 6) is 0. The normalized spacial score (nSPS) is 14.6. The first-order chi connectivity index (χ1) is 9.69. The first-order valence-corrected chi connectivity index (χ1v) is 7.45. The van der Waals surface area contributed by atoms with E-state index in [9.17, 15) is 14.9 Å². The van der Waals surface area contributed by atoms with Crippen LogP contribution in [0.15, 0.2) is 16.6 Å². The Bertz CT molecular complexity index is 595. The number of rotatable bonds is 1. The Kier molecular flexibility index (Phi) is 4.22. The zero-order valence-electron chi connectivity index (χ0n) is 12.2. The summed E-state index contributed by atoms with van der Waals surface area (Å²) in [7, 11) is 0. The van der Waals surface area contributed by atoms with Crippen molar-refractivity contribution in [2.45, 2.75) is 39.2 Å². The standard InChI is InChI=1S/C14H17BrN2O4/c1-14(2,3)21-13(18)16-6-4-5-9-7-10(15)12(17(19)20)8-11(9)16/h7-8H,4-6H2,1-3H3. The number of carbonyl (C=O) groups is 1. The number of anilines is 1. The summed E-state index contributed by atoms with van der Waals surface area (Å²) in [6, 6.07) is 3.15. The Morgan fingerprint density at radius 2 is 2.10 bits per heavy atom. The molecule has 0 unspecified atom stereocenters. The Labute approximate surface area is 131 Å². The zero-order chi connectivity index (χ0) is 15.8. The highest BCUT2D eigenvalue weighted by molar-refractivity contribution is 9.10. The molecule has 0 fully saturated rings. The van der Waals surface area contributed by atoms with Gasteiger partial charge in [-0.05, 0) is 61.2 Å². The number of nitro groups is 1. The van der Waals surface area contributed by atoms with Gasteiger partial charge in [0.25, 0.3) is 5.69 Å². The third-order valence-electron chi connectivity index (χ3n) is 3.08. The van der Waals surface area contributed by atoms with Gasteiger partial charge in [-0.25, -0.2) is 4.79 Å². The van der Waals surface area contributed by atoms with Crippen LogP contribution in [0.25, 0.3) is 0 Å². The maximum absolute atomic E-state index is 12.3. The molecule has 1 aromatic carbocycles. The Morgan fingerprint density at radius 3 is 2.67 bits per heavy atom. The fourth-order valence-electron chi connectivity index (χ4n) is 2.24. The van der Waals surface area contributed by atoms with E-state index in [0.29, 0.717) is 16.7 Å². The summed E-state index contributed by atoms with van der Waals surface area (Å²) in [5, 5.41) is 11.1. The van der Waals surface area contributed by atoms with E-state index in [-0.39, 0.29) is 5.69 Å². The molecule has 114 valence electrons. The fraction of sp³-hybridized carbons (Fsp3) is 0.500. The number of carbonyl (C=O) groups excluding carboxylic acids is 1. The number of nitro benzene ring substituents is 1. The monoisotopic (exact) mass is 356 g/mol. The smallest absolute Gasteiger partial charge is 0.414 e. The molecule has 0 N–H and O–H groups in total. The highest BCUT2D eigenvalue weighted by Gasteiger charge is 2.29. The first-order valence-electron chi connectivity index (χ1n) is 6.66. The minimum atomic E-state index is -0.601. The summed E-state index contributed by atoms with van der Waals surface area (Å²) in [6.45, 7) is 5.88. The van der Waals surface area contributed by atoms with Crippen molar-refractivity contribution in [1.82, 2.24) is 0 Å². The molecule has 2 rings (SSSR count). The van der Waals surface area contributed by atoms with Crippen LogP contribution in [-0.4, -0.2) is 23.2 Å². The maximum Gasteiger partial charge on any atom is 0.414 e. The number of hydrogen-bond acceptors (Lipinski definition) is 4. The van der Waals surface area contributed by atoms with Crippen molar-refractivity contribution in [2.24, 2.45) is 0 Å². The molecule has 0 aliphatic carbocycles. The molecule has 21 heavy (non-hydrogen) atoms. The highest BCUT2D eigenvalue weighted by Crippen LogP contribution is 2.36. The molecule has 0 radical (unpaired) electrons. The topological polar surface area (TPSA) is 72.7 Å². The SMILES string of the molecule is CC(C)(C)OC(=O)N1CCCc2cc(Br)c([N+](=O)[O-])cc21. The number of fused-ring (bicyclic) bond motifs is 1. The summed E-state index contributed by atoms with van der Waals surface area (Å²) in [5.41, 5.74) is 0.815. The van der Waals surface area contributed by atoms with Crippen molar-refractivity contribution in [3.05, 3.63) is 32.3 Å². The minimum Gasteiger partial charge on any atom is -0.443 e. The molecule has 1 amide bonds. The fourth-order valence-corrected chi connectivity index (χ4v) is 2.77. The van der Waals surface area contributed by atoms with Crippen LogP contribution in [0.4, 0.5) is 16.2 Å². The predicted molar refractivity (Wildman–Crippen MR) is 82.7 cm³/mol. The second-order valence-corrected chi connectivity index (χ2v) is 6.78. The van der Waals surface area contributed by atoms with Gasteiger partial charge < -0.3 is 4.74 Å². The van der Waals surface area contributed by atoms with Gasteiger partial charge in [0.1, 0.15) is 5.60 Å². The van der Waals surface area contributed by atoms with Crippen molar-refractivity contribution in [3.63, 3.8) is 0 Å². The summed E-state index contributed by atoms with van der Waals surface area (Å²) >= 11 is 3.21. The number of amides is 1. The Morgan fingerprint density at radius 1 is 1.43 bits per heavy atom. The van der Waals surface area contributed by atoms with E-state index in [1.807, 2.05) is 0 Å². The van der Waals surface area contributed by atoms with Gasteiger partial charge in [-0.2, -0.15) is 0 Å². The van der Waals surface area contributed by atoms with Crippen LogP contribution in [0.5, 0.6) is 0 Å². The number of halogens is 1. The van der Waals surface area contributed by atoms with E-state index in [1.54, 1.807) is 26.8 Å². The molecule has 0 saturated heterocycles. The van der Waals surface area contributed by atoms with Gasteiger partial charge in [0.15, 0.2) is 0 Å². The summed E-state index contributed by atoms with van der Waals surface area (Å²) in [4.78, 5) is 24.3. The molecule has 0 bridgehead atoms. The Hall–Kier alpha value is -1.63. The number of aryl methyl sites for hydroxylation is 1. The second-order valence-electron chi connectivity index (χ2n) is 5.92. The lowest BCUT2D eigenvalue weighted by molar-refractivity contribution is -0.385. The van der Waals surface area contributed by atoms with Gasteiger partial charge >= 0.3 is 6.09 Å². The first kappa shape index (κ1) is 15.8. The van der Waals surface area contributed by atoms with Crippen LogP contribution in [0, 0.1) is 10.1 Å². The van der Waals surface area contributed by atoms with Crippen molar-refractivity contribution >= 4 is 33.4 Å². The van der Waals surface area contributed by atoms with Gasteiger partial charge in [-0.1, -0.05) is 0 Å². The average Bonchev–Trinajstić information content (AvgIpc) is 2.34. The molecule has 6 nitrogen and oxygen atoms in total. The second kappa shape index (κ2) is 5.63. The van der Waals surface area contributed by atoms with Crippen LogP contribution >= 0.6 is 15.9 Å². The van der Waals surface area contributed by atoms with E-state index in [1.165, 1.54) is 11.0 Å². The third kappa shape index (κ3) is 3.53. The molecule has 1 aliphatic rings. The van der Waals surface area contributed by atoms with Crippen molar-refractivity contribution < 1.29 is 14.5 Å². The van der Waals surface area contributed by atoms with Crippen LogP contribution in [0.1, 0.15) is 32.8 Å². The maximum atomic E-state index is 12.3. The molecule has 1 aromatic rings. The largest absolute Gasteiger partial charge is 0.443 e.